The molecule has 0 aliphatic carbocycles. The lowest BCUT2D eigenvalue weighted by atomic mass is 10.2. The molecule has 174 valence electrons. The molecule has 0 aliphatic rings. The molecule has 2 amide bonds. The van der Waals surface area contributed by atoms with E-state index in [1.54, 1.807) is 47.8 Å². The van der Waals surface area contributed by atoms with Gasteiger partial charge in [0.15, 0.2) is 22.4 Å². The van der Waals surface area contributed by atoms with E-state index in [4.69, 9.17) is 9.47 Å². The summed E-state index contributed by atoms with van der Waals surface area (Å²) in [4.78, 5) is 28.8. The summed E-state index contributed by atoms with van der Waals surface area (Å²) in [6, 6.07) is 13.9. The number of para-hydroxylation sites is 4. The molecule has 0 saturated carbocycles. The van der Waals surface area contributed by atoms with Crippen LogP contribution in [-0.4, -0.2) is 38.6 Å². The molecule has 3 aromatic rings. The molecular formula is C21H22N4O6S2. The van der Waals surface area contributed by atoms with Crippen molar-refractivity contribution >= 4 is 44.0 Å². The molecule has 3 N–H and O–H groups in total. The number of carbonyl (C=O) groups excluding carboxylic acids is 2. The van der Waals surface area contributed by atoms with Crippen LogP contribution in [0.2, 0.25) is 0 Å². The maximum atomic E-state index is 12.4. The average molecular weight is 491 g/mol. The highest BCUT2D eigenvalue weighted by Crippen LogP contribution is 2.34. The lowest BCUT2D eigenvalue weighted by Crippen LogP contribution is -2.22. The van der Waals surface area contributed by atoms with Crippen molar-refractivity contribution in [1.29, 1.82) is 0 Å². The van der Waals surface area contributed by atoms with Gasteiger partial charge < -0.3 is 20.1 Å². The van der Waals surface area contributed by atoms with Crippen molar-refractivity contribution in [2.24, 2.45) is 0 Å². The topological polar surface area (TPSA) is 136 Å². The Kier molecular flexibility index (Phi) is 7.98. The van der Waals surface area contributed by atoms with Crippen LogP contribution >= 0.6 is 11.3 Å². The van der Waals surface area contributed by atoms with Crippen LogP contribution in [0.25, 0.3) is 0 Å². The molecule has 0 radical (unpaired) electrons. The summed E-state index contributed by atoms with van der Waals surface area (Å²) >= 11 is 1.13. The van der Waals surface area contributed by atoms with Crippen molar-refractivity contribution in [2.45, 2.75) is 13.0 Å². The summed E-state index contributed by atoms with van der Waals surface area (Å²) < 4.78 is 35.8. The highest BCUT2D eigenvalue weighted by Gasteiger charge is 2.15. The molecule has 33 heavy (non-hydrogen) atoms. The number of carbonyl (C=O) groups is 2. The average Bonchev–Trinajstić information content (AvgIpc) is 3.20. The number of nitrogens with zero attached hydrogens (tertiary/aromatic N) is 1. The molecular weight excluding hydrogens is 468 g/mol. The van der Waals surface area contributed by atoms with E-state index in [2.05, 4.69) is 20.3 Å². The molecule has 0 fully saturated rings. The Hall–Kier alpha value is -3.48. The third kappa shape index (κ3) is 7.56. The minimum atomic E-state index is -3.35. The lowest BCUT2D eigenvalue weighted by Gasteiger charge is -2.14. The van der Waals surface area contributed by atoms with Crippen LogP contribution in [0.5, 0.6) is 17.2 Å². The van der Waals surface area contributed by atoms with Crippen molar-refractivity contribution in [3.05, 3.63) is 59.6 Å². The van der Waals surface area contributed by atoms with Crippen molar-refractivity contribution in [3.8, 4) is 17.2 Å². The first kappa shape index (κ1) is 24.2. The molecule has 2 aromatic carbocycles. The molecule has 1 aromatic heterocycles. The van der Waals surface area contributed by atoms with E-state index in [1.165, 1.54) is 7.11 Å². The predicted octanol–water partition coefficient (Wildman–Crippen LogP) is 2.96. The van der Waals surface area contributed by atoms with Crippen LogP contribution in [0.1, 0.15) is 12.1 Å². The number of benzene rings is 2. The number of hydrogen-bond donors (Lipinski definition) is 3. The number of thiazole rings is 1. The Labute approximate surface area is 195 Å². The first-order chi connectivity index (χ1) is 15.7. The van der Waals surface area contributed by atoms with Gasteiger partial charge in [0.2, 0.25) is 21.8 Å². The van der Waals surface area contributed by atoms with Gasteiger partial charge in [-0.15, -0.1) is 11.3 Å². The van der Waals surface area contributed by atoms with Crippen molar-refractivity contribution in [1.82, 2.24) is 9.71 Å². The largest absolute Gasteiger partial charge is 0.493 e. The Balaban J connectivity index is 1.58. The fourth-order valence-corrected chi connectivity index (χ4v) is 3.77. The van der Waals surface area contributed by atoms with E-state index in [1.807, 2.05) is 6.07 Å². The van der Waals surface area contributed by atoms with E-state index < -0.39 is 28.3 Å². The van der Waals surface area contributed by atoms with Gasteiger partial charge in [-0.1, -0.05) is 24.3 Å². The van der Waals surface area contributed by atoms with Gasteiger partial charge in [0.05, 0.1) is 31.3 Å². The van der Waals surface area contributed by atoms with Gasteiger partial charge in [-0.2, -0.15) is 0 Å². The lowest BCUT2D eigenvalue weighted by molar-refractivity contribution is -0.123. The van der Waals surface area contributed by atoms with E-state index in [-0.39, 0.29) is 11.7 Å². The molecule has 0 saturated heterocycles. The fourth-order valence-electron chi connectivity index (χ4n) is 2.63. The van der Waals surface area contributed by atoms with Gasteiger partial charge in [0.1, 0.15) is 6.42 Å². The number of nitrogens with one attached hydrogen (secondary N) is 3. The minimum Gasteiger partial charge on any atom is -0.493 e. The second-order valence-corrected chi connectivity index (χ2v) is 9.45. The summed E-state index contributed by atoms with van der Waals surface area (Å²) in [5, 5.41) is 7.07. The van der Waals surface area contributed by atoms with Crippen LogP contribution in [0.3, 0.4) is 0 Å². The van der Waals surface area contributed by atoms with E-state index >= 15 is 0 Å². The molecule has 12 heteroatoms. The predicted molar refractivity (Wildman–Crippen MR) is 125 cm³/mol. The third-order valence-corrected chi connectivity index (χ3v) is 5.56. The minimum absolute atomic E-state index is 0.00860. The van der Waals surface area contributed by atoms with Crippen molar-refractivity contribution < 1.29 is 27.5 Å². The molecule has 0 spiro atoms. The Morgan fingerprint density at radius 1 is 0.970 bits per heavy atom. The quantitative estimate of drug-likeness (QED) is 0.372. The highest BCUT2D eigenvalue weighted by atomic mass is 32.2. The Morgan fingerprint density at radius 3 is 2.30 bits per heavy atom. The first-order valence-corrected chi connectivity index (χ1v) is 12.4. The van der Waals surface area contributed by atoms with Crippen LogP contribution in [0.4, 0.5) is 10.8 Å². The van der Waals surface area contributed by atoms with Gasteiger partial charge in [0, 0.05) is 5.38 Å². The summed E-state index contributed by atoms with van der Waals surface area (Å²) in [5.41, 5.74) is 0.845. The summed E-state index contributed by atoms with van der Waals surface area (Å²) in [6.45, 7) is 0.00860. The summed E-state index contributed by atoms with van der Waals surface area (Å²) in [7, 11) is -1.82. The Morgan fingerprint density at radius 2 is 1.61 bits per heavy atom. The fraction of sp³-hybridized carbons (Fsp3) is 0.190. The van der Waals surface area contributed by atoms with E-state index in [0.717, 1.165) is 17.6 Å². The maximum Gasteiger partial charge on any atom is 0.235 e. The number of rotatable bonds is 10. The number of aromatic nitrogens is 1. The molecule has 0 bridgehead atoms. The van der Waals surface area contributed by atoms with Crippen LogP contribution < -0.4 is 24.8 Å². The zero-order valence-electron chi connectivity index (χ0n) is 17.8. The number of sulfonamides is 1. The summed E-state index contributed by atoms with van der Waals surface area (Å²) in [6.07, 6.45) is 0.597. The van der Waals surface area contributed by atoms with E-state index in [0.29, 0.717) is 28.6 Å². The first-order valence-electron chi connectivity index (χ1n) is 9.62. The number of methoxy groups -OCH3 is 1. The Bertz CT molecular complexity index is 1240. The number of hydrogen-bond acceptors (Lipinski definition) is 8. The van der Waals surface area contributed by atoms with Gasteiger partial charge in [-0.05, 0) is 24.3 Å². The third-order valence-electron chi connectivity index (χ3n) is 4.08. The van der Waals surface area contributed by atoms with E-state index in [9.17, 15) is 18.0 Å². The van der Waals surface area contributed by atoms with Gasteiger partial charge in [-0.25, -0.2) is 18.1 Å². The maximum absolute atomic E-state index is 12.4. The molecule has 3 rings (SSSR count). The smallest absolute Gasteiger partial charge is 0.235 e. The SMILES string of the molecule is COc1ccccc1Oc1ccccc1NC(=O)CC(=O)Nc1nc(CNS(C)(=O)=O)cs1. The molecule has 1 heterocycles. The van der Waals surface area contributed by atoms with Gasteiger partial charge in [0.25, 0.3) is 0 Å². The number of amides is 2. The zero-order valence-corrected chi connectivity index (χ0v) is 19.5. The van der Waals surface area contributed by atoms with Gasteiger partial charge in [-0.3, -0.25) is 9.59 Å². The van der Waals surface area contributed by atoms with Crippen LogP contribution in [-0.2, 0) is 26.2 Å². The second kappa shape index (κ2) is 10.9. The van der Waals surface area contributed by atoms with Crippen LogP contribution in [0, 0.1) is 0 Å². The van der Waals surface area contributed by atoms with Crippen LogP contribution in [0.15, 0.2) is 53.9 Å². The van der Waals surface area contributed by atoms with Crippen molar-refractivity contribution in [3.63, 3.8) is 0 Å². The number of ether oxygens (including phenoxy) is 2. The zero-order chi connectivity index (χ0) is 23.8. The monoisotopic (exact) mass is 490 g/mol. The molecule has 0 atom stereocenters. The molecule has 0 aliphatic heterocycles. The highest BCUT2D eigenvalue weighted by molar-refractivity contribution is 7.88. The normalized spacial score (nSPS) is 11.0. The summed E-state index contributed by atoms with van der Waals surface area (Å²) in [5.74, 6) is 0.294. The van der Waals surface area contributed by atoms with Gasteiger partial charge >= 0.3 is 0 Å². The second-order valence-electron chi connectivity index (χ2n) is 6.76. The number of anilines is 2. The van der Waals surface area contributed by atoms with Crippen molar-refractivity contribution in [2.75, 3.05) is 24.0 Å². The molecule has 10 nitrogen and oxygen atoms in total. The molecule has 0 unspecified atom stereocenters. The standard InChI is InChI=1S/C21H22N4O6S2/c1-30-17-9-5-6-10-18(17)31-16-8-4-3-7-15(16)24-19(26)11-20(27)25-21-23-14(13-32-21)12-22-33(2,28)29/h3-10,13,22H,11-12H2,1-2H3,(H,24,26)(H,23,25,27).